The second-order valence-electron chi connectivity index (χ2n) is 3.58. The number of carbonyl (C=O) groups excluding carboxylic acids is 1. The van der Waals surface area contributed by atoms with Crippen molar-refractivity contribution in [3.05, 3.63) is 35.9 Å². The number of hydrogen-bond donors (Lipinski definition) is 0. The molecule has 0 heterocycles. The van der Waals surface area contributed by atoms with Gasteiger partial charge in [0.1, 0.15) is 6.61 Å². The van der Waals surface area contributed by atoms with Crippen LogP contribution in [0.25, 0.3) is 0 Å². The highest BCUT2D eigenvalue weighted by Gasteiger charge is 2.24. The fraction of sp³-hybridized carbons (Fsp3) is 0.417. The van der Waals surface area contributed by atoms with E-state index in [0.717, 1.165) is 0 Å². The monoisotopic (exact) mass is 296 g/mol. The molecule has 0 radical (unpaired) electrons. The molecule has 0 spiro atoms. The lowest BCUT2D eigenvalue weighted by Gasteiger charge is -2.20. The van der Waals surface area contributed by atoms with E-state index in [-0.39, 0.29) is 12.6 Å². The molecule has 0 amide bonds. The number of hydrogen-bond acceptors (Lipinski definition) is 2. The summed E-state index contributed by atoms with van der Waals surface area (Å²) >= 11 is 17.7. The Bertz CT molecular complexity index is 333. The molecule has 0 aromatic heterocycles. The Kier molecular flexibility index (Phi) is 7.60. The minimum atomic E-state index is -0.739. The third-order valence-corrected chi connectivity index (χ3v) is 3.38. The average Bonchev–Trinajstić information content (AvgIpc) is 2.28. The summed E-state index contributed by atoms with van der Waals surface area (Å²) in [5.41, 5.74) is 1.95. The Morgan fingerprint density at radius 1 is 1.59 bits per heavy atom. The number of allylic oxidation sites excluding steroid dienone is 2. The average molecular weight is 298 g/mol. The van der Waals surface area contributed by atoms with Crippen molar-refractivity contribution in [3.63, 3.8) is 0 Å². The molecule has 0 aliphatic heterocycles. The molecular formula is C12H15Cl3O2. The van der Waals surface area contributed by atoms with Gasteiger partial charge in [0.2, 0.25) is 0 Å². The maximum Gasteiger partial charge on any atom is 0.302 e. The summed E-state index contributed by atoms with van der Waals surface area (Å²) < 4.78 is 4.80. The molecule has 0 aromatic carbocycles. The Morgan fingerprint density at radius 2 is 2.18 bits per heavy atom. The zero-order valence-electron chi connectivity index (χ0n) is 9.75. The highest BCUT2D eigenvalue weighted by atomic mass is 35.5. The molecule has 0 N–H and O–H groups in total. The van der Waals surface area contributed by atoms with E-state index in [4.69, 9.17) is 39.5 Å². The number of carbonyl (C=O) groups is 1. The van der Waals surface area contributed by atoms with Crippen molar-refractivity contribution in [2.45, 2.75) is 24.1 Å². The summed E-state index contributed by atoms with van der Waals surface area (Å²) in [6, 6.07) is 0. The summed E-state index contributed by atoms with van der Waals surface area (Å²) in [5, 5.41) is -0.439. The third kappa shape index (κ3) is 6.77. The fourth-order valence-electron chi connectivity index (χ4n) is 0.810. The van der Waals surface area contributed by atoms with Crippen molar-refractivity contribution in [1.29, 1.82) is 0 Å². The molecule has 0 bridgehead atoms. The molecule has 5 heteroatoms. The number of esters is 1. The van der Waals surface area contributed by atoms with Crippen LogP contribution in [0.15, 0.2) is 35.9 Å². The zero-order chi connectivity index (χ0) is 13.5. The second-order valence-corrected chi connectivity index (χ2v) is 5.08. The van der Waals surface area contributed by atoms with Gasteiger partial charge in [-0.05, 0) is 6.92 Å². The molecule has 0 saturated carbocycles. The minimum Gasteiger partial charge on any atom is -0.461 e. The van der Waals surface area contributed by atoms with Crippen LogP contribution in [-0.2, 0) is 9.53 Å². The van der Waals surface area contributed by atoms with Crippen molar-refractivity contribution < 1.29 is 9.53 Å². The Labute approximate surface area is 117 Å². The molecule has 17 heavy (non-hydrogen) atoms. The number of rotatable bonds is 6. The predicted octanol–water partition coefficient (Wildman–Crippen LogP) is 4.02. The van der Waals surface area contributed by atoms with E-state index in [2.05, 4.69) is 6.58 Å². The minimum absolute atomic E-state index is 0.103. The van der Waals surface area contributed by atoms with E-state index in [1.54, 1.807) is 25.2 Å². The molecular weight excluding hydrogens is 282 g/mol. The van der Waals surface area contributed by atoms with Gasteiger partial charge in [-0.25, -0.2) is 0 Å². The smallest absolute Gasteiger partial charge is 0.302 e. The fourth-order valence-corrected chi connectivity index (χ4v) is 1.18. The first-order chi connectivity index (χ1) is 7.83. The molecule has 0 aliphatic rings. The van der Waals surface area contributed by atoms with Crippen LogP contribution in [-0.4, -0.2) is 22.8 Å². The summed E-state index contributed by atoms with van der Waals surface area (Å²) in [6.45, 7) is 6.78. The molecule has 2 unspecified atom stereocenters. The summed E-state index contributed by atoms with van der Waals surface area (Å²) in [7, 11) is 0. The van der Waals surface area contributed by atoms with Gasteiger partial charge < -0.3 is 4.74 Å². The number of alkyl halides is 2. The largest absolute Gasteiger partial charge is 0.461 e. The number of halogens is 3. The van der Waals surface area contributed by atoms with Crippen molar-refractivity contribution in [2.24, 2.45) is 0 Å². The van der Waals surface area contributed by atoms with Crippen LogP contribution in [0.5, 0.6) is 0 Å². The van der Waals surface area contributed by atoms with Gasteiger partial charge in [0.15, 0.2) is 0 Å². The molecule has 0 fully saturated rings. The van der Waals surface area contributed by atoms with E-state index >= 15 is 0 Å². The quantitative estimate of drug-likeness (QED) is 0.320. The first kappa shape index (κ1) is 16.6. The van der Waals surface area contributed by atoms with E-state index in [0.29, 0.717) is 5.57 Å². The molecule has 2 atom stereocenters. The number of ether oxygens (including phenoxy) is 1. The predicted molar refractivity (Wildman–Crippen MR) is 73.8 cm³/mol. The highest BCUT2D eigenvalue weighted by Crippen LogP contribution is 2.26. The normalized spacial score (nSPS) is 17.6. The molecule has 0 saturated heterocycles. The van der Waals surface area contributed by atoms with Gasteiger partial charge >= 0.3 is 5.97 Å². The first-order valence-electron chi connectivity index (χ1n) is 4.91. The van der Waals surface area contributed by atoms with Gasteiger partial charge in [0, 0.05) is 18.0 Å². The van der Waals surface area contributed by atoms with Gasteiger partial charge in [-0.15, -0.1) is 29.8 Å². The van der Waals surface area contributed by atoms with Crippen LogP contribution in [0.2, 0.25) is 0 Å². The van der Waals surface area contributed by atoms with Crippen molar-refractivity contribution in [2.75, 3.05) is 6.61 Å². The maximum absolute atomic E-state index is 10.6. The van der Waals surface area contributed by atoms with Crippen molar-refractivity contribution in [3.8, 4) is 0 Å². The van der Waals surface area contributed by atoms with Crippen LogP contribution in [0, 0.1) is 0 Å². The van der Waals surface area contributed by atoms with Crippen LogP contribution in [0.1, 0.15) is 13.8 Å². The maximum atomic E-state index is 10.6. The first-order valence-corrected chi connectivity index (χ1v) is 6.16. The second kappa shape index (κ2) is 7.80. The lowest BCUT2D eigenvalue weighted by Crippen LogP contribution is -2.24. The van der Waals surface area contributed by atoms with Gasteiger partial charge in [-0.1, -0.05) is 29.8 Å². The van der Waals surface area contributed by atoms with Gasteiger partial charge in [0.05, 0.1) is 10.3 Å². The summed E-state index contributed by atoms with van der Waals surface area (Å²) in [4.78, 5) is 9.89. The summed E-state index contributed by atoms with van der Waals surface area (Å²) in [6.07, 6.45) is 4.90. The molecule has 2 nitrogen and oxygen atoms in total. The van der Waals surface area contributed by atoms with Crippen LogP contribution in [0.3, 0.4) is 0 Å². The van der Waals surface area contributed by atoms with Gasteiger partial charge in [-0.3, -0.25) is 4.79 Å². The van der Waals surface area contributed by atoms with Crippen molar-refractivity contribution in [1.82, 2.24) is 0 Å². The SMILES string of the molecule is C=CC(C)(Cl)C(Cl)C=CC(=CCl)COC(C)=O. The van der Waals surface area contributed by atoms with E-state index < -0.39 is 10.3 Å². The van der Waals surface area contributed by atoms with Crippen LogP contribution < -0.4 is 0 Å². The molecule has 0 aliphatic carbocycles. The summed E-state index contributed by atoms with van der Waals surface area (Å²) in [5.74, 6) is -0.370. The van der Waals surface area contributed by atoms with Gasteiger partial charge in [0.25, 0.3) is 0 Å². The standard InChI is InChI=1S/C12H15Cl3O2/c1-4-12(3,15)11(14)6-5-10(7-13)8-17-9(2)16/h4-7,11H,1,8H2,2-3H3. The highest BCUT2D eigenvalue weighted by molar-refractivity contribution is 6.34. The van der Waals surface area contributed by atoms with E-state index in [9.17, 15) is 4.79 Å². The lowest BCUT2D eigenvalue weighted by atomic mass is 10.1. The molecule has 0 rings (SSSR count). The van der Waals surface area contributed by atoms with Crippen molar-refractivity contribution >= 4 is 40.8 Å². The Hall–Kier alpha value is -0.440. The Morgan fingerprint density at radius 3 is 2.59 bits per heavy atom. The van der Waals surface area contributed by atoms with E-state index in [1.165, 1.54) is 12.5 Å². The molecule has 96 valence electrons. The third-order valence-electron chi connectivity index (χ3n) is 2.00. The van der Waals surface area contributed by atoms with Gasteiger partial charge in [-0.2, -0.15) is 0 Å². The lowest BCUT2D eigenvalue weighted by molar-refractivity contribution is -0.139. The van der Waals surface area contributed by atoms with Crippen LogP contribution >= 0.6 is 34.8 Å². The molecule has 0 aromatic rings. The Balaban J connectivity index is 4.48. The zero-order valence-corrected chi connectivity index (χ0v) is 12.0. The van der Waals surface area contributed by atoms with E-state index in [1.807, 2.05) is 0 Å². The topological polar surface area (TPSA) is 26.3 Å². The van der Waals surface area contributed by atoms with Crippen LogP contribution in [0.4, 0.5) is 0 Å².